The first-order valence-electron chi connectivity index (χ1n) is 36.4. The fourth-order valence-electron chi connectivity index (χ4n) is 10.4. The van der Waals surface area contributed by atoms with Crippen LogP contribution in [0, 0.1) is 29.6 Å². The Morgan fingerprint density at radius 1 is 0.384 bits per heavy atom. The number of hydrogen-bond acceptors (Lipinski definition) is 25. The van der Waals surface area contributed by atoms with Crippen molar-refractivity contribution in [2.24, 2.45) is 51.8 Å². The third-order valence-corrected chi connectivity index (χ3v) is 18.8. The number of amides is 15. The summed E-state index contributed by atoms with van der Waals surface area (Å²) in [5, 5.41) is 57.5. The van der Waals surface area contributed by atoms with E-state index in [1.54, 1.807) is 99.6 Å². The van der Waals surface area contributed by atoms with E-state index < -0.39 is 216 Å². The number of hydrogen-bond donors (Lipinski definition) is 26. The van der Waals surface area contributed by atoms with E-state index in [1.807, 2.05) is 0 Å². The molecule has 0 spiro atoms. The zero-order valence-electron chi connectivity index (χ0n) is 64.8. The molecular formula is C69H117N19O18S6. The predicted molar refractivity (Wildman–Crippen MR) is 440 cm³/mol. The topological polar surface area (TPSA) is 584 Å². The fraction of sp³-hybridized carbons (Fsp3) is 0.667. The van der Waals surface area contributed by atoms with Gasteiger partial charge in [-0.15, -0.1) is 0 Å². The molecular weight excluding hydrogens is 1580 g/mol. The second-order valence-electron chi connectivity index (χ2n) is 28.4. The number of thiol groups is 6. The minimum atomic E-state index is -1.73. The Bertz CT molecular complexity index is 3350. The molecule has 0 aliphatic carbocycles. The summed E-state index contributed by atoms with van der Waals surface area (Å²) in [6.45, 7) is 16.6. The molecule has 1 aromatic carbocycles. The Kier molecular flexibility index (Phi) is 48.4. The summed E-state index contributed by atoms with van der Waals surface area (Å²) in [6.07, 6.45) is 0.133. The molecule has 0 aliphatic heterocycles. The van der Waals surface area contributed by atoms with E-state index in [9.17, 15) is 86.9 Å². The Morgan fingerprint density at radius 2 is 0.723 bits per heavy atom. The number of carboxylic acid groups (broad SMARTS) is 1. The highest BCUT2D eigenvalue weighted by atomic mass is 32.1. The molecule has 1 rings (SSSR count). The van der Waals surface area contributed by atoms with Gasteiger partial charge in [0.25, 0.3) is 0 Å². The number of carboxylic acids is 1. The van der Waals surface area contributed by atoms with Crippen LogP contribution >= 0.6 is 75.8 Å². The molecule has 0 bridgehead atoms. The Balaban J connectivity index is 3.23. The van der Waals surface area contributed by atoms with E-state index in [2.05, 4.69) is 161 Å². The van der Waals surface area contributed by atoms with Gasteiger partial charge in [0, 0.05) is 47.5 Å². The van der Waals surface area contributed by atoms with Gasteiger partial charge >= 0.3 is 5.97 Å². The second-order valence-corrected chi connectivity index (χ2v) is 30.6. The van der Waals surface area contributed by atoms with Crippen LogP contribution in [-0.4, -0.2) is 256 Å². The van der Waals surface area contributed by atoms with E-state index in [-0.39, 0.29) is 97.5 Å². The number of aliphatic carboxylic acids is 1. The van der Waals surface area contributed by atoms with E-state index >= 15 is 0 Å². The zero-order valence-corrected chi connectivity index (χ0v) is 70.2. The predicted octanol–water partition coefficient (Wildman–Crippen LogP) is -5.36. The number of aliphatic imine (C=N–C) groups is 1. The molecule has 37 nitrogen and oxygen atoms in total. The van der Waals surface area contributed by atoms with Gasteiger partial charge < -0.3 is 107 Å². The molecule has 0 saturated carbocycles. The van der Waals surface area contributed by atoms with Crippen LogP contribution in [0.2, 0.25) is 0 Å². The Morgan fingerprint density at radius 3 is 1.14 bits per heavy atom. The second kappa shape index (κ2) is 53.2. The van der Waals surface area contributed by atoms with Crippen molar-refractivity contribution in [3.63, 3.8) is 0 Å². The lowest BCUT2D eigenvalue weighted by Gasteiger charge is -2.28. The fourth-order valence-corrected chi connectivity index (χ4v) is 11.9. The van der Waals surface area contributed by atoms with Gasteiger partial charge in [-0.3, -0.25) is 76.9 Å². The van der Waals surface area contributed by atoms with E-state index in [0.29, 0.717) is 5.56 Å². The van der Waals surface area contributed by atoms with Crippen LogP contribution in [0.15, 0.2) is 35.3 Å². The van der Waals surface area contributed by atoms with Crippen molar-refractivity contribution < 1.29 is 86.9 Å². The number of rotatable bonds is 52. The number of guanidine groups is 1. The number of nitrogens with two attached hydrogens (primary N) is 3. The first-order chi connectivity index (χ1) is 52.5. The molecule has 0 saturated heterocycles. The summed E-state index contributed by atoms with van der Waals surface area (Å²) in [7, 11) is 0. The minimum absolute atomic E-state index is 0.00749. The van der Waals surface area contributed by atoms with Crippen molar-refractivity contribution in [2.75, 3.05) is 54.2 Å². The van der Waals surface area contributed by atoms with Gasteiger partial charge in [0.15, 0.2) is 5.96 Å². The van der Waals surface area contributed by atoms with Gasteiger partial charge in [0.05, 0.1) is 19.2 Å². The van der Waals surface area contributed by atoms with Gasteiger partial charge in [-0.05, 0) is 74.2 Å². The van der Waals surface area contributed by atoms with Crippen LogP contribution < -0.4 is 97.0 Å². The number of nitrogens with zero attached hydrogens (tertiary/aromatic N) is 1. The number of carbonyl (C=O) groups excluding carboxylic acids is 15. The molecule has 112 heavy (non-hydrogen) atoms. The summed E-state index contributed by atoms with van der Waals surface area (Å²) in [5.74, 6) is -18.1. The van der Waals surface area contributed by atoms with Gasteiger partial charge in [0.1, 0.15) is 84.6 Å². The number of aliphatic hydroxyl groups is 1. The largest absolute Gasteiger partial charge is 0.480 e. The summed E-state index contributed by atoms with van der Waals surface area (Å²) in [6, 6.07) is -12.3. The summed E-state index contributed by atoms with van der Waals surface area (Å²) in [5.41, 5.74) is 17.3. The average Bonchev–Trinajstić information content (AvgIpc) is 0.861. The molecule has 0 fully saturated rings. The highest BCUT2D eigenvalue weighted by Crippen LogP contribution is 2.14. The van der Waals surface area contributed by atoms with Crippen LogP contribution in [0.1, 0.15) is 114 Å². The number of aliphatic hydroxyl groups excluding tert-OH is 1. The molecule has 0 heterocycles. The normalized spacial score (nSPS) is 15.3. The minimum Gasteiger partial charge on any atom is -0.480 e. The van der Waals surface area contributed by atoms with Crippen LogP contribution in [0.5, 0.6) is 0 Å². The van der Waals surface area contributed by atoms with Gasteiger partial charge in [-0.1, -0.05) is 99.6 Å². The van der Waals surface area contributed by atoms with Gasteiger partial charge in [-0.25, -0.2) is 4.79 Å². The van der Waals surface area contributed by atoms with Crippen molar-refractivity contribution in [1.82, 2.24) is 79.8 Å². The van der Waals surface area contributed by atoms with Crippen molar-refractivity contribution in [3.8, 4) is 0 Å². The number of nitrogens with one attached hydrogen (secondary N) is 15. The lowest BCUT2D eigenvalue weighted by Crippen LogP contribution is -2.62. The molecule has 23 N–H and O–H groups in total. The lowest BCUT2D eigenvalue weighted by atomic mass is 9.99. The van der Waals surface area contributed by atoms with Crippen LogP contribution in [0.25, 0.3) is 0 Å². The van der Waals surface area contributed by atoms with Crippen LogP contribution in [-0.2, 0) is 83.1 Å². The van der Waals surface area contributed by atoms with Crippen molar-refractivity contribution in [3.05, 3.63) is 35.9 Å². The molecule has 43 heteroatoms. The van der Waals surface area contributed by atoms with E-state index in [1.165, 1.54) is 6.92 Å². The number of benzene rings is 1. The van der Waals surface area contributed by atoms with Crippen molar-refractivity contribution >= 4 is 176 Å². The maximum absolute atomic E-state index is 14.1. The smallest absolute Gasteiger partial charge is 0.326 e. The van der Waals surface area contributed by atoms with Crippen molar-refractivity contribution in [2.45, 2.75) is 205 Å². The molecule has 15 amide bonds. The summed E-state index contributed by atoms with van der Waals surface area (Å²) >= 11 is 25.1. The van der Waals surface area contributed by atoms with Gasteiger partial charge in [0.2, 0.25) is 88.6 Å². The molecule has 0 aliphatic rings. The molecule has 0 unspecified atom stereocenters. The summed E-state index contributed by atoms with van der Waals surface area (Å²) < 4.78 is 0. The summed E-state index contributed by atoms with van der Waals surface area (Å²) in [4.78, 5) is 221. The SMILES string of the molecule is CC(C)C[C@H](NC(=O)[C@H](CC(C)C)NC(=O)[C@H](CCCN=C(N)N)NC(=O)[C@H](CC(C)C)NC(=O)CNC(=O)[C@H](CS)NC(=O)[C@@H](NC(=O)[C@H](CS)NC(=O)[C@H](CS)NC(=O)[C@H](CS)NC(=O)[C@H](Cc1ccccc1)NC(=O)[C@H](CO)NC(=O)[C@H](C)NC(=O)[C@H](CS)NC(=O)[C@@H](NC(=O)[C@@H](N)CS)C(C)C)C(C)C)C(=O)O. The lowest BCUT2D eigenvalue weighted by molar-refractivity contribution is -0.143. The van der Waals surface area contributed by atoms with Crippen molar-refractivity contribution in [1.29, 1.82) is 0 Å². The molecule has 632 valence electrons. The average molecular weight is 1690 g/mol. The van der Waals surface area contributed by atoms with Crippen LogP contribution in [0.4, 0.5) is 0 Å². The number of carbonyl (C=O) groups is 16. The van der Waals surface area contributed by atoms with Gasteiger partial charge in [-0.2, -0.15) is 75.8 Å². The third-order valence-electron chi connectivity index (χ3n) is 16.6. The molecule has 0 radical (unpaired) electrons. The monoisotopic (exact) mass is 1690 g/mol. The quantitative estimate of drug-likeness (QED) is 0.0125. The maximum Gasteiger partial charge on any atom is 0.326 e. The standard InChI is InChI=1S/C69H117N19O18S6/c1-32(2)20-41(58(95)77-40(18-15-19-73-69(71)72)57(94)78-42(21-33(3)4)59(96)80-44(68(105)106)22-34(5)6)76-51(90)24-74-56(93)46(27-108)85-67(104)53(36(9)10)88-65(102)50(31-112)84-64(101)49(30-111)83-63(100)48(29-110)82-60(97)43(23-38-16-13-12-14-17-38)79-61(98)45(25-89)81-54(91)37(11)75-62(99)47(28-109)86-66(103)52(35(7)8)87-55(92)39(70)26-107/h12-14,16-17,32-37,39-50,52-53,89,107-112H,15,18-31,70H2,1-11H3,(H,74,93)(H,75,99)(H,76,90)(H,77,95)(H,78,94)(H,79,98)(H,80,96)(H,81,91)(H,82,97)(H,83,100)(H,84,101)(H,85,104)(H,86,103)(H,87,92)(H,88,102)(H,105,106)(H4,71,72,73)/t37-,39-,40-,41-,42-,43-,44-,45-,46-,47-,48-,49-,50-,52-,53-/m0/s1. The Labute approximate surface area is 686 Å². The molecule has 15 atom stereocenters. The van der Waals surface area contributed by atoms with Crippen LogP contribution in [0.3, 0.4) is 0 Å². The maximum atomic E-state index is 14.1. The first-order valence-corrected chi connectivity index (χ1v) is 40.2. The highest BCUT2D eigenvalue weighted by molar-refractivity contribution is 7.81. The zero-order chi connectivity index (χ0) is 85.4. The van der Waals surface area contributed by atoms with E-state index in [4.69, 9.17) is 17.2 Å². The highest BCUT2D eigenvalue weighted by Gasteiger charge is 2.38. The third kappa shape index (κ3) is 37.8. The molecule has 1 aromatic rings. The first kappa shape index (κ1) is 102. The Hall–Kier alpha value is -7.97. The van der Waals surface area contributed by atoms with E-state index in [0.717, 1.165) is 0 Å². The molecule has 0 aromatic heterocycles.